The first kappa shape index (κ1) is 15.3. The fourth-order valence-corrected chi connectivity index (χ4v) is 3.98. The summed E-state index contributed by atoms with van der Waals surface area (Å²) in [7, 11) is 0. The van der Waals surface area contributed by atoms with E-state index in [0.717, 1.165) is 11.1 Å². The number of aromatic hydroxyl groups is 2. The molecule has 1 spiro atoms. The number of aliphatic hydroxyl groups is 1. The van der Waals surface area contributed by atoms with Crippen LogP contribution in [0.1, 0.15) is 17.5 Å². The van der Waals surface area contributed by atoms with E-state index in [1.165, 1.54) is 12.1 Å². The molecule has 130 valence electrons. The molecule has 1 aliphatic carbocycles. The van der Waals surface area contributed by atoms with E-state index in [4.69, 9.17) is 9.47 Å². The topological polar surface area (TPSA) is 79.2 Å². The van der Waals surface area contributed by atoms with Crippen molar-refractivity contribution >= 4 is 0 Å². The molecule has 3 aliphatic rings. The van der Waals surface area contributed by atoms with Crippen LogP contribution in [0.25, 0.3) is 0 Å². The van der Waals surface area contributed by atoms with E-state index in [9.17, 15) is 15.3 Å². The molecule has 26 heavy (non-hydrogen) atoms. The summed E-state index contributed by atoms with van der Waals surface area (Å²) in [6, 6.07) is 9.66. The first-order valence-electron chi connectivity index (χ1n) is 8.37. The van der Waals surface area contributed by atoms with Crippen LogP contribution in [-0.4, -0.2) is 21.6 Å². The van der Waals surface area contributed by atoms with Crippen LogP contribution in [0.15, 0.2) is 71.8 Å². The molecular formula is C21H16O5. The Morgan fingerprint density at radius 2 is 1.58 bits per heavy atom. The van der Waals surface area contributed by atoms with Gasteiger partial charge in [-0.3, -0.25) is 0 Å². The van der Waals surface area contributed by atoms with Gasteiger partial charge in [-0.1, -0.05) is 24.3 Å². The molecule has 2 aliphatic heterocycles. The van der Waals surface area contributed by atoms with Crippen molar-refractivity contribution in [1.82, 2.24) is 0 Å². The van der Waals surface area contributed by atoms with E-state index in [1.54, 1.807) is 24.3 Å². The van der Waals surface area contributed by atoms with Crippen LogP contribution >= 0.6 is 0 Å². The Hall–Kier alpha value is -3.02. The molecule has 0 amide bonds. The van der Waals surface area contributed by atoms with Crippen molar-refractivity contribution in [3.8, 4) is 23.0 Å². The van der Waals surface area contributed by atoms with Crippen molar-refractivity contribution in [2.45, 2.75) is 18.3 Å². The van der Waals surface area contributed by atoms with Gasteiger partial charge in [0.1, 0.15) is 23.0 Å². The lowest BCUT2D eigenvalue weighted by Crippen LogP contribution is -2.34. The Morgan fingerprint density at radius 3 is 2.23 bits per heavy atom. The van der Waals surface area contributed by atoms with Crippen LogP contribution in [0.5, 0.6) is 23.0 Å². The van der Waals surface area contributed by atoms with E-state index >= 15 is 0 Å². The third-order valence-corrected chi connectivity index (χ3v) is 5.07. The molecule has 0 saturated heterocycles. The molecule has 2 heterocycles. The minimum atomic E-state index is -1.07. The summed E-state index contributed by atoms with van der Waals surface area (Å²) in [6.07, 6.45) is 7.29. The van der Waals surface area contributed by atoms with Gasteiger partial charge in [-0.2, -0.15) is 0 Å². The first-order chi connectivity index (χ1) is 12.6. The number of phenols is 2. The van der Waals surface area contributed by atoms with Crippen LogP contribution < -0.4 is 4.74 Å². The zero-order valence-corrected chi connectivity index (χ0v) is 13.7. The average Bonchev–Trinajstić information content (AvgIpc) is 2.77. The maximum atomic E-state index is 10.6. The molecule has 1 unspecified atom stereocenters. The van der Waals surface area contributed by atoms with Crippen molar-refractivity contribution in [3.63, 3.8) is 0 Å². The lowest BCUT2D eigenvalue weighted by Gasteiger charge is -2.38. The van der Waals surface area contributed by atoms with E-state index in [-0.39, 0.29) is 11.5 Å². The van der Waals surface area contributed by atoms with Gasteiger partial charge in [0.25, 0.3) is 0 Å². The average molecular weight is 348 g/mol. The number of allylic oxidation sites excluding steroid dienone is 3. The summed E-state index contributed by atoms with van der Waals surface area (Å²) in [5, 5.41) is 30.4. The SMILES string of the molecule is Oc1ccc2c(c1)Oc1cc(O)ccc1C21OC(O)C2=C1C=CC=CC2. The Morgan fingerprint density at radius 1 is 0.923 bits per heavy atom. The van der Waals surface area contributed by atoms with E-state index < -0.39 is 11.9 Å². The summed E-state index contributed by atoms with van der Waals surface area (Å²) >= 11 is 0. The highest BCUT2D eigenvalue weighted by molar-refractivity contribution is 5.66. The molecule has 5 rings (SSSR count). The van der Waals surface area contributed by atoms with Gasteiger partial charge >= 0.3 is 0 Å². The molecule has 5 nitrogen and oxygen atoms in total. The van der Waals surface area contributed by atoms with Crippen LogP contribution in [0, 0.1) is 0 Å². The van der Waals surface area contributed by atoms with Gasteiger partial charge in [0.15, 0.2) is 11.9 Å². The van der Waals surface area contributed by atoms with Crippen molar-refractivity contribution in [2.75, 3.05) is 0 Å². The highest BCUT2D eigenvalue weighted by Gasteiger charge is 2.53. The summed E-state index contributed by atoms with van der Waals surface area (Å²) in [5.74, 6) is 0.978. The second-order valence-electron chi connectivity index (χ2n) is 6.54. The lowest BCUT2D eigenvalue weighted by atomic mass is 9.77. The summed E-state index contributed by atoms with van der Waals surface area (Å²) in [6.45, 7) is 0. The van der Waals surface area contributed by atoms with Crippen LogP contribution in [-0.2, 0) is 10.3 Å². The first-order valence-corrected chi connectivity index (χ1v) is 8.37. The number of phenolic OH excluding ortho intramolecular Hbond substituents is 2. The quantitative estimate of drug-likeness (QED) is 0.678. The number of ether oxygens (including phenoxy) is 2. The third-order valence-electron chi connectivity index (χ3n) is 5.07. The molecule has 2 aromatic carbocycles. The second kappa shape index (κ2) is 5.24. The van der Waals surface area contributed by atoms with Crippen molar-refractivity contribution in [3.05, 3.63) is 83.0 Å². The van der Waals surface area contributed by atoms with Crippen LogP contribution in [0.2, 0.25) is 0 Å². The monoisotopic (exact) mass is 348 g/mol. The number of hydrogen-bond acceptors (Lipinski definition) is 5. The summed E-state index contributed by atoms with van der Waals surface area (Å²) in [4.78, 5) is 0. The van der Waals surface area contributed by atoms with Gasteiger partial charge in [-0.15, -0.1) is 0 Å². The normalized spacial score (nSPS) is 21.8. The molecule has 5 heteroatoms. The predicted molar refractivity (Wildman–Crippen MR) is 94.1 cm³/mol. The molecule has 2 aromatic rings. The van der Waals surface area contributed by atoms with Gasteiger partial charge in [0.2, 0.25) is 0 Å². The van der Waals surface area contributed by atoms with E-state index in [1.807, 2.05) is 24.3 Å². The molecular weight excluding hydrogens is 332 g/mol. The maximum absolute atomic E-state index is 10.6. The molecule has 0 bridgehead atoms. The zero-order valence-electron chi connectivity index (χ0n) is 13.7. The van der Waals surface area contributed by atoms with E-state index in [2.05, 4.69) is 0 Å². The van der Waals surface area contributed by atoms with Crippen LogP contribution in [0.4, 0.5) is 0 Å². The highest BCUT2D eigenvalue weighted by atomic mass is 16.6. The maximum Gasteiger partial charge on any atom is 0.180 e. The molecule has 1 atom stereocenters. The summed E-state index contributed by atoms with van der Waals surface area (Å²) in [5.41, 5.74) is 1.96. The number of benzene rings is 2. The fraction of sp³-hybridized carbons (Fsp3) is 0.143. The summed E-state index contributed by atoms with van der Waals surface area (Å²) < 4.78 is 12.1. The Kier molecular flexibility index (Phi) is 3.07. The van der Waals surface area contributed by atoms with Gasteiger partial charge in [0.05, 0.1) is 0 Å². The highest BCUT2D eigenvalue weighted by Crippen LogP contribution is 2.58. The predicted octanol–water partition coefficient (Wildman–Crippen LogP) is 3.61. The molecule has 0 aromatic heterocycles. The zero-order chi connectivity index (χ0) is 17.9. The third kappa shape index (κ3) is 1.92. The van der Waals surface area contributed by atoms with Crippen molar-refractivity contribution < 1.29 is 24.8 Å². The Bertz CT molecular complexity index is 964. The number of fused-ring (bicyclic) bond motifs is 5. The van der Waals surface area contributed by atoms with Gasteiger partial charge in [-0.25, -0.2) is 0 Å². The number of hydrogen-bond donors (Lipinski definition) is 3. The largest absolute Gasteiger partial charge is 0.508 e. The van der Waals surface area contributed by atoms with Crippen molar-refractivity contribution in [1.29, 1.82) is 0 Å². The number of aliphatic hydroxyl groups excluding tert-OH is 1. The minimum absolute atomic E-state index is 0.0633. The molecule has 0 saturated carbocycles. The Labute approximate surface area is 149 Å². The standard InChI is InChI=1S/C21H16O5/c22-12-6-8-16-18(10-12)25-19-11-13(23)7-9-17(19)21(16)15-5-3-1-2-4-14(15)20(24)26-21/h1-3,5-11,20,22-24H,4H2. The molecule has 3 N–H and O–H groups in total. The Balaban J connectivity index is 1.86. The lowest BCUT2D eigenvalue weighted by molar-refractivity contribution is -0.119. The second-order valence-corrected chi connectivity index (χ2v) is 6.54. The van der Waals surface area contributed by atoms with Crippen LogP contribution in [0.3, 0.4) is 0 Å². The molecule has 0 radical (unpaired) electrons. The van der Waals surface area contributed by atoms with Gasteiger partial charge < -0.3 is 24.8 Å². The molecule has 0 fully saturated rings. The van der Waals surface area contributed by atoms with Crippen molar-refractivity contribution in [2.24, 2.45) is 0 Å². The minimum Gasteiger partial charge on any atom is -0.508 e. The number of rotatable bonds is 0. The smallest absolute Gasteiger partial charge is 0.180 e. The van der Waals surface area contributed by atoms with Gasteiger partial charge in [0, 0.05) is 23.3 Å². The van der Waals surface area contributed by atoms with E-state index in [0.29, 0.717) is 29.0 Å². The fourth-order valence-electron chi connectivity index (χ4n) is 3.98. The van der Waals surface area contributed by atoms with Gasteiger partial charge in [-0.05, 0) is 41.8 Å².